The van der Waals surface area contributed by atoms with Gasteiger partial charge in [-0.15, -0.1) is 0 Å². The minimum absolute atomic E-state index is 0.00957. The average Bonchev–Trinajstić information content (AvgIpc) is 0.998. The number of imidazole rings is 4. The van der Waals surface area contributed by atoms with Crippen LogP contribution in [0.2, 0.25) is 0 Å². The average molecular weight is 1790 g/mol. The lowest BCUT2D eigenvalue weighted by atomic mass is 9.83. The molecular formula is C90H144N24O14. The second-order valence-corrected chi connectivity index (χ2v) is 35.7. The maximum atomic E-state index is 14.4. The van der Waals surface area contributed by atoms with E-state index in [1.165, 1.54) is 25.3 Å². The first kappa shape index (κ1) is 108. The maximum Gasteiger partial charge on any atom is 0.242 e. The van der Waals surface area contributed by atoms with E-state index < -0.39 is 118 Å². The molecule has 4 aromatic rings. The van der Waals surface area contributed by atoms with Gasteiger partial charge in [-0.25, -0.2) is 19.9 Å². The van der Waals surface area contributed by atoms with Gasteiger partial charge in [0, 0.05) is 209 Å². The normalized spacial score (nSPS) is 15.3. The van der Waals surface area contributed by atoms with Crippen molar-refractivity contribution in [2.24, 2.45) is 84.4 Å². The fourth-order valence-corrected chi connectivity index (χ4v) is 14.5. The zero-order chi connectivity index (χ0) is 94.1. The van der Waals surface area contributed by atoms with Crippen LogP contribution in [0.4, 0.5) is 0 Å². The number of ketones is 6. The summed E-state index contributed by atoms with van der Waals surface area (Å²) in [7, 11) is 0. The number of Topliss-reactive ketones (excluding diaryl/α,β-unsaturated/α-hetero) is 6. The highest BCUT2D eigenvalue weighted by Crippen LogP contribution is 2.27. The number of carbonyl (C=O) groups is 14. The van der Waals surface area contributed by atoms with Gasteiger partial charge in [0.25, 0.3) is 0 Å². The van der Waals surface area contributed by atoms with Crippen molar-refractivity contribution in [1.82, 2.24) is 71.8 Å². The topological polar surface area (TPSA) is 659 Å². The first-order valence-corrected chi connectivity index (χ1v) is 45.2. The van der Waals surface area contributed by atoms with Crippen LogP contribution in [0.15, 0.2) is 83.6 Å². The molecule has 0 radical (unpaired) electrons. The molecule has 38 nitrogen and oxygen atoms in total. The van der Waals surface area contributed by atoms with Crippen LogP contribution in [-0.2, 0) is 92.8 Å². The number of primary amides is 2. The van der Waals surface area contributed by atoms with Crippen molar-refractivity contribution < 1.29 is 67.1 Å². The fourth-order valence-electron chi connectivity index (χ4n) is 14.5. The smallest absolute Gasteiger partial charge is 0.242 e. The number of allylic oxidation sites excluding steroid dienone is 2. The van der Waals surface area contributed by atoms with Crippen LogP contribution in [0, 0.1) is 28.6 Å². The Morgan fingerprint density at radius 2 is 0.648 bits per heavy atom. The number of nitrogens with two attached hydrogens (primary N) is 8. The van der Waals surface area contributed by atoms with Gasteiger partial charge in [-0.1, -0.05) is 98.6 Å². The summed E-state index contributed by atoms with van der Waals surface area (Å²) < 4.78 is 0. The second kappa shape index (κ2) is 57.9. The summed E-state index contributed by atoms with van der Waals surface area (Å²) in [5.41, 5.74) is 51.3. The molecule has 2 aliphatic heterocycles. The Morgan fingerprint density at radius 3 is 1.02 bits per heavy atom. The molecular weight excluding hydrogens is 1640 g/mol. The predicted octanol–water partition coefficient (Wildman–Crippen LogP) is 3.96. The van der Waals surface area contributed by atoms with E-state index in [9.17, 15) is 67.1 Å². The lowest BCUT2D eigenvalue weighted by molar-refractivity contribution is -0.133. The van der Waals surface area contributed by atoms with Crippen molar-refractivity contribution in [3.8, 4) is 0 Å². The van der Waals surface area contributed by atoms with Crippen LogP contribution in [-0.4, -0.2) is 208 Å². The van der Waals surface area contributed by atoms with Gasteiger partial charge in [-0.05, 0) is 89.9 Å². The molecule has 128 heavy (non-hydrogen) atoms. The van der Waals surface area contributed by atoms with Crippen molar-refractivity contribution in [2.75, 3.05) is 19.6 Å². The standard InChI is InChI=1S/C58H92N16O9.C32H52N8O5/c1-58(2,3)52(78)26-37(53(63)79)15-6-4-9-21-50(76)47(73-54(80)38(25-51(77)44(60)28-40-31-64-34-70-40)16-10-12-22-68-55(81)45(61)29-41-32-65-35-71-41)18-11-13-23-69-57(83)48(74-56(82)46(62)30-42-33-66-36-72-42)19-7-5-8-20-49(75)43(59)27-39-17-14-24-67-39;1-32(2,3)28(42)16-21(29(35)43)10-5-4-6-13-27(41)26(40-31(45)25(34)18-23-19-36-20-39-23)12-7-8-14-38-30(44)24(33)17-22-11-9-15-37-22/h17,24,31-38,43-48H,4-16,18-23,25-30,59-62H2,1-3H3,(H2,63,79)(H,64,70)(H,65,71)(H,66,72)(H,68,81)(H,69,83)(H,73,80)(H,74,82);11,15,19-21,24-26H,4-10,12-14,16-18,33-34H2,1-3H3,(H2,35,43)(H,36,39)(H,38,44)(H,40,45). The van der Waals surface area contributed by atoms with E-state index in [4.69, 9.17) is 45.9 Å². The largest absolute Gasteiger partial charge is 0.369 e. The lowest BCUT2D eigenvalue weighted by Gasteiger charge is -2.23. The molecule has 0 aliphatic carbocycles. The van der Waals surface area contributed by atoms with Crippen LogP contribution in [0.3, 0.4) is 0 Å². The molecule has 0 saturated carbocycles. The molecule has 38 heteroatoms. The minimum atomic E-state index is -0.975. The Kier molecular flexibility index (Phi) is 48.7. The Labute approximate surface area is 750 Å². The van der Waals surface area contributed by atoms with Gasteiger partial charge in [0.15, 0.2) is 17.3 Å². The molecule has 12 atom stereocenters. The van der Waals surface area contributed by atoms with E-state index in [0.29, 0.717) is 158 Å². The predicted molar refractivity (Wildman–Crippen MR) is 486 cm³/mol. The quantitative estimate of drug-likeness (QED) is 0.0278. The van der Waals surface area contributed by atoms with Gasteiger partial charge >= 0.3 is 0 Å². The van der Waals surface area contributed by atoms with E-state index in [1.54, 1.807) is 58.0 Å². The lowest BCUT2D eigenvalue weighted by Crippen LogP contribution is -2.52. The molecule has 0 aromatic carbocycles. The Morgan fingerprint density at radius 1 is 0.336 bits per heavy atom. The van der Waals surface area contributed by atoms with Crippen molar-refractivity contribution in [3.63, 3.8) is 0 Å². The fraction of sp³-hybridized carbons (Fsp3) is 0.644. The molecule has 4 aromatic heterocycles. The molecule has 26 N–H and O–H groups in total. The zero-order valence-electron chi connectivity index (χ0n) is 75.7. The van der Waals surface area contributed by atoms with Crippen molar-refractivity contribution in [3.05, 3.63) is 96.4 Å². The number of amides is 8. The zero-order valence-corrected chi connectivity index (χ0v) is 75.7. The number of rotatable bonds is 66. The summed E-state index contributed by atoms with van der Waals surface area (Å²) in [6.07, 6.45) is 33.2. The van der Waals surface area contributed by atoms with Crippen LogP contribution < -0.4 is 77.8 Å². The van der Waals surface area contributed by atoms with Gasteiger partial charge in [-0.3, -0.25) is 77.1 Å². The molecule has 0 saturated heterocycles. The van der Waals surface area contributed by atoms with Gasteiger partial charge in [0.05, 0.1) is 73.6 Å². The molecule has 6 rings (SSSR count). The van der Waals surface area contributed by atoms with Crippen LogP contribution >= 0.6 is 0 Å². The van der Waals surface area contributed by atoms with Crippen LogP contribution in [0.1, 0.15) is 263 Å². The Hall–Kier alpha value is -10.8. The monoisotopic (exact) mass is 1790 g/mol. The molecule has 708 valence electrons. The Balaban J connectivity index is 0.000000542. The van der Waals surface area contributed by atoms with Gasteiger partial charge in [0.1, 0.15) is 23.4 Å². The number of unbranched alkanes of at least 4 members (excludes halogenated alkanes) is 9. The number of aromatic nitrogens is 8. The van der Waals surface area contributed by atoms with Crippen LogP contribution in [0.25, 0.3) is 0 Å². The third-order valence-electron chi connectivity index (χ3n) is 22.7. The molecule has 0 fully saturated rings. The molecule has 6 heterocycles. The third kappa shape index (κ3) is 42.9. The van der Waals surface area contributed by atoms with Gasteiger partial charge in [0.2, 0.25) is 47.3 Å². The van der Waals surface area contributed by atoms with Gasteiger partial charge in [-0.2, -0.15) is 0 Å². The summed E-state index contributed by atoms with van der Waals surface area (Å²) in [4.78, 5) is 219. The van der Waals surface area contributed by atoms with E-state index >= 15 is 0 Å². The highest BCUT2D eigenvalue weighted by Gasteiger charge is 2.34. The minimum Gasteiger partial charge on any atom is -0.369 e. The van der Waals surface area contributed by atoms with E-state index in [-0.39, 0.29) is 143 Å². The third-order valence-corrected chi connectivity index (χ3v) is 22.7. The summed E-state index contributed by atoms with van der Waals surface area (Å²) in [6.45, 7) is 11.6. The number of hydrogen-bond acceptors (Lipinski definition) is 26. The highest BCUT2D eigenvalue weighted by atomic mass is 16.2. The number of H-pyrrole nitrogens is 4. The number of nitrogens with zero attached hydrogens (tertiary/aromatic N) is 6. The summed E-state index contributed by atoms with van der Waals surface area (Å²) >= 11 is 0. The first-order chi connectivity index (χ1) is 60.9. The number of carbonyl (C=O) groups excluding carboxylic acids is 14. The summed E-state index contributed by atoms with van der Waals surface area (Å²) in [5, 5.41) is 17.2. The number of hydrogen-bond donors (Lipinski definition) is 18. The molecule has 12 unspecified atom stereocenters. The number of aliphatic imine (C=N–C) groups is 2. The maximum absolute atomic E-state index is 14.4. The first-order valence-electron chi connectivity index (χ1n) is 45.2. The highest BCUT2D eigenvalue weighted by molar-refractivity contribution is 5.95. The number of aromatic amines is 4. The van der Waals surface area contributed by atoms with Crippen LogP contribution in [0.5, 0.6) is 0 Å². The second-order valence-electron chi connectivity index (χ2n) is 35.7. The summed E-state index contributed by atoms with van der Waals surface area (Å²) in [6, 6.07) is -7.56. The van der Waals surface area contributed by atoms with Gasteiger partial charge < -0.3 is 97.7 Å². The Bertz CT molecular complexity index is 4250. The SMILES string of the molecule is CC(C)(C)C(=O)CC(CCCCCC(=O)C(CCCCNC(=O)C(CCCCCC(=O)C(N)CC1=CCC=N1)NC(=O)C(N)Cc1cnc[nH]1)NC(=O)C(CCCCNC(=O)C(N)Cc1cnc[nH]1)CC(=O)C(N)Cc1cnc[nH]1)C(N)=O.CC(C)(C)C(=O)CC(CCCCCC(=O)C(CCCCNC(=O)C(N)CC1=CCC=N1)NC(=O)C(N)Cc1cnc[nH]1)C(N)=O. The molecule has 0 spiro atoms. The molecule has 0 bridgehead atoms. The van der Waals surface area contributed by atoms with Crippen molar-refractivity contribution >= 4 is 94.4 Å². The van der Waals surface area contributed by atoms with E-state index in [2.05, 4.69) is 81.8 Å². The summed E-state index contributed by atoms with van der Waals surface area (Å²) in [5.74, 6) is -6.47. The molecule has 8 amide bonds. The van der Waals surface area contributed by atoms with Crippen molar-refractivity contribution in [2.45, 2.75) is 321 Å². The van der Waals surface area contributed by atoms with E-state index in [0.717, 1.165) is 24.2 Å². The van der Waals surface area contributed by atoms with Crippen molar-refractivity contribution in [1.29, 1.82) is 0 Å². The number of nitrogens with one attached hydrogen (secondary N) is 10. The molecule has 2 aliphatic rings. The van der Waals surface area contributed by atoms with E-state index in [1.807, 2.05) is 32.9 Å².